The molecule has 1 aromatic heterocycles. The summed E-state index contributed by atoms with van der Waals surface area (Å²) in [5.41, 5.74) is 0.231. The number of hydrogen-bond donors (Lipinski definition) is 1. The van der Waals surface area contributed by atoms with Crippen LogP contribution in [0.15, 0.2) is 5.38 Å². The van der Waals surface area contributed by atoms with Crippen LogP contribution in [-0.4, -0.2) is 72.5 Å². The molecule has 1 saturated heterocycles. The molecule has 2 heterocycles. The number of piperazine rings is 1. The molecule has 1 N–H and O–H groups in total. The number of nitrogens with one attached hydrogen (secondary N) is 1. The number of rotatable bonds is 5. The molecular formula is C14H22N4O3S. The average molecular weight is 326 g/mol. The van der Waals surface area contributed by atoms with E-state index in [9.17, 15) is 9.59 Å². The van der Waals surface area contributed by atoms with E-state index >= 15 is 0 Å². The van der Waals surface area contributed by atoms with Crippen LogP contribution in [0.25, 0.3) is 0 Å². The molecule has 7 nitrogen and oxygen atoms in total. The molecule has 22 heavy (non-hydrogen) atoms. The molecule has 1 fully saturated rings. The van der Waals surface area contributed by atoms with E-state index in [4.69, 9.17) is 4.74 Å². The lowest BCUT2D eigenvalue weighted by molar-refractivity contribution is -0.121. The number of thiazole rings is 1. The number of carbonyl (C=O) groups excluding carboxylic acids is 2. The Hall–Kier alpha value is -1.51. The molecule has 8 heteroatoms. The first-order valence-electron chi connectivity index (χ1n) is 7.37. The van der Waals surface area contributed by atoms with E-state index in [1.807, 2.05) is 6.92 Å². The van der Waals surface area contributed by atoms with Gasteiger partial charge >= 0.3 is 5.97 Å². The molecule has 1 aliphatic rings. The van der Waals surface area contributed by atoms with Crippen LogP contribution in [0, 0.1) is 0 Å². The molecule has 1 aliphatic heterocycles. The number of amides is 1. The molecule has 1 amide bonds. The third kappa shape index (κ3) is 4.25. The smallest absolute Gasteiger partial charge is 0.357 e. The maximum Gasteiger partial charge on any atom is 0.357 e. The van der Waals surface area contributed by atoms with Crippen LogP contribution >= 0.6 is 11.3 Å². The second-order valence-electron chi connectivity index (χ2n) is 5.26. The predicted octanol–water partition coefficient (Wildman–Crippen LogP) is 0.894. The lowest BCUT2D eigenvalue weighted by Gasteiger charge is -2.35. The van der Waals surface area contributed by atoms with Crippen LogP contribution in [0.1, 0.15) is 24.3 Å². The number of likely N-dealkylation sites (N-methyl/N-ethyl adjacent to an activating group) is 1. The molecule has 0 spiro atoms. The average Bonchev–Trinajstić information content (AvgIpc) is 2.96. The van der Waals surface area contributed by atoms with Gasteiger partial charge < -0.3 is 15.0 Å². The highest BCUT2D eigenvalue weighted by atomic mass is 32.1. The van der Waals surface area contributed by atoms with Gasteiger partial charge in [0.1, 0.15) is 0 Å². The van der Waals surface area contributed by atoms with Crippen molar-refractivity contribution in [2.45, 2.75) is 19.9 Å². The zero-order valence-electron chi connectivity index (χ0n) is 13.2. The third-order valence-corrected chi connectivity index (χ3v) is 4.44. The predicted molar refractivity (Wildman–Crippen MR) is 85.2 cm³/mol. The van der Waals surface area contributed by atoms with E-state index in [1.54, 1.807) is 12.3 Å². The summed E-state index contributed by atoms with van der Waals surface area (Å²) in [6, 6.07) is -0.219. The number of ether oxygens (including phenoxy) is 1. The lowest BCUT2D eigenvalue weighted by atomic mass is 10.2. The monoisotopic (exact) mass is 326 g/mol. The second-order valence-corrected chi connectivity index (χ2v) is 6.12. The third-order valence-electron chi connectivity index (χ3n) is 3.68. The van der Waals surface area contributed by atoms with Gasteiger partial charge in [-0.1, -0.05) is 0 Å². The molecule has 0 aliphatic carbocycles. The zero-order chi connectivity index (χ0) is 16.1. The Balaban J connectivity index is 1.90. The molecular weight excluding hydrogens is 304 g/mol. The Labute approximate surface area is 134 Å². The lowest BCUT2D eigenvalue weighted by Crippen LogP contribution is -2.51. The van der Waals surface area contributed by atoms with E-state index in [1.165, 1.54) is 11.3 Å². The van der Waals surface area contributed by atoms with Crippen LogP contribution in [-0.2, 0) is 9.53 Å². The molecule has 1 atom stereocenters. The van der Waals surface area contributed by atoms with Crippen LogP contribution in [0.2, 0.25) is 0 Å². The van der Waals surface area contributed by atoms with E-state index in [0.717, 1.165) is 26.2 Å². The van der Waals surface area contributed by atoms with Gasteiger partial charge in [0.2, 0.25) is 5.91 Å². The summed E-state index contributed by atoms with van der Waals surface area (Å²) in [6.45, 7) is 7.60. The maximum absolute atomic E-state index is 12.3. The Kier molecular flexibility index (Phi) is 5.87. The second kappa shape index (κ2) is 7.66. The highest BCUT2D eigenvalue weighted by Crippen LogP contribution is 2.17. The van der Waals surface area contributed by atoms with Crippen molar-refractivity contribution in [1.82, 2.24) is 14.8 Å². The summed E-state index contributed by atoms with van der Waals surface area (Å²) in [7, 11) is 2.08. The van der Waals surface area contributed by atoms with Crippen molar-refractivity contribution in [3.63, 3.8) is 0 Å². The van der Waals surface area contributed by atoms with Gasteiger partial charge in [0.05, 0.1) is 12.6 Å². The van der Waals surface area contributed by atoms with E-state index < -0.39 is 5.97 Å². The topological polar surface area (TPSA) is 74.8 Å². The number of carbonyl (C=O) groups is 2. The van der Waals surface area contributed by atoms with Gasteiger partial charge in [0, 0.05) is 31.6 Å². The zero-order valence-corrected chi connectivity index (χ0v) is 14.0. The van der Waals surface area contributed by atoms with E-state index in [2.05, 4.69) is 27.1 Å². The van der Waals surface area contributed by atoms with Crippen molar-refractivity contribution in [2.75, 3.05) is 45.2 Å². The normalized spacial score (nSPS) is 18.0. The molecule has 0 aromatic carbocycles. The van der Waals surface area contributed by atoms with Crippen molar-refractivity contribution in [3.05, 3.63) is 11.1 Å². The van der Waals surface area contributed by atoms with Gasteiger partial charge in [-0.05, 0) is 20.9 Å². The quantitative estimate of drug-likeness (QED) is 0.810. The number of esters is 1. The number of anilines is 1. The van der Waals surface area contributed by atoms with Gasteiger partial charge in [-0.15, -0.1) is 11.3 Å². The minimum absolute atomic E-state index is 0.102. The number of nitrogens with zero attached hydrogens (tertiary/aromatic N) is 3. The standard InChI is InChI=1S/C14H22N4O3S/c1-4-21-13(20)11-9-22-14(15-11)16-12(19)10(2)18-7-5-17(3)6-8-18/h9-10H,4-8H2,1-3H3,(H,15,16,19). The molecule has 0 saturated carbocycles. The van der Waals surface area contributed by atoms with E-state index in [0.29, 0.717) is 11.7 Å². The van der Waals surface area contributed by atoms with E-state index in [-0.39, 0.29) is 17.6 Å². The fourth-order valence-corrected chi connectivity index (χ4v) is 2.90. The Bertz CT molecular complexity index is 526. The molecule has 0 bridgehead atoms. The summed E-state index contributed by atoms with van der Waals surface area (Å²) >= 11 is 1.23. The van der Waals surface area contributed by atoms with Crippen molar-refractivity contribution in [2.24, 2.45) is 0 Å². The van der Waals surface area contributed by atoms with Crippen molar-refractivity contribution < 1.29 is 14.3 Å². The maximum atomic E-state index is 12.3. The minimum Gasteiger partial charge on any atom is -0.461 e. The summed E-state index contributed by atoms with van der Waals surface area (Å²) in [4.78, 5) is 32.3. The molecule has 0 radical (unpaired) electrons. The fourth-order valence-electron chi connectivity index (χ4n) is 2.21. The summed E-state index contributed by atoms with van der Waals surface area (Å²) in [5, 5.41) is 4.79. The van der Waals surface area contributed by atoms with Crippen LogP contribution in [0.4, 0.5) is 5.13 Å². The minimum atomic E-state index is -0.466. The Morgan fingerprint density at radius 2 is 2.09 bits per heavy atom. The summed E-state index contributed by atoms with van der Waals surface area (Å²) in [5.74, 6) is -0.569. The van der Waals surface area contributed by atoms with Crippen LogP contribution in [0.3, 0.4) is 0 Å². The van der Waals surface area contributed by atoms with Crippen LogP contribution in [0.5, 0.6) is 0 Å². The summed E-state index contributed by atoms with van der Waals surface area (Å²) in [6.07, 6.45) is 0. The molecule has 2 rings (SSSR count). The van der Waals surface area contributed by atoms with Gasteiger partial charge in [-0.25, -0.2) is 9.78 Å². The van der Waals surface area contributed by atoms with Gasteiger partial charge in [0.25, 0.3) is 0 Å². The van der Waals surface area contributed by atoms with Gasteiger partial charge in [0.15, 0.2) is 10.8 Å². The Morgan fingerprint density at radius 1 is 1.41 bits per heavy atom. The highest BCUT2D eigenvalue weighted by Gasteiger charge is 2.25. The largest absolute Gasteiger partial charge is 0.461 e. The Morgan fingerprint density at radius 3 is 2.73 bits per heavy atom. The summed E-state index contributed by atoms with van der Waals surface area (Å²) < 4.78 is 4.88. The fraction of sp³-hybridized carbons (Fsp3) is 0.643. The number of hydrogen-bond acceptors (Lipinski definition) is 7. The first-order chi connectivity index (χ1) is 10.5. The first kappa shape index (κ1) is 16.9. The van der Waals surface area contributed by atoms with Crippen molar-refractivity contribution >= 4 is 28.3 Å². The van der Waals surface area contributed by atoms with Gasteiger partial charge in [-0.2, -0.15) is 0 Å². The van der Waals surface area contributed by atoms with Crippen molar-refractivity contribution in [1.29, 1.82) is 0 Å². The molecule has 1 aromatic rings. The van der Waals surface area contributed by atoms with Crippen molar-refractivity contribution in [3.8, 4) is 0 Å². The van der Waals surface area contributed by atoms with Gasteiger partial charge in [-0.3, -0.25) is 9.69 Å². The number of aromatic nitrogens is 1. The molecule has 122 valence electrons. The first-order valence-corrected chi connectivity index (χ1v) is 8.25. The highest BCUT2D eigenvalue weighted by molar-refractivity contribution is 7.14. The molecule has 1 unspecified atom stereocenters. The SMILES string of the molecule is CCOC(=O)c1csc(NC(=O)C(C)N2CCN(C)CC2)n1. The van der Waals surface area contributed by atoms with Crippen LogP contribution < -0.4 is 5.32 Å².